The molecule has 140 valence electrons. The highest BCUT2D eigenvalue weighted by atomic mass is 35.5. The molecule has 0 radical (unpaired) electrons. The highest BCUT2D eigenvalue weighted by Crippen LogP contribution is 2.19. The second kappa shape index (κ2) is 10.3. The van der Waals surface area contributed by atoms with E-state index in [1.54, 1.807) is 11.8 Å². The molecule has 0 aliphatic carbocycles. The molecular weight excluding hydrogens is 379 g/mol. The van der Waals surface area contributed by atoms with Crippen molar-refractivity contribution in [2.45, 2.75) is 38.0 Å². The van der Waals surface area contributed by atoms with Crippen molar-refractivity contribution in [2.24, 2.45) is 5.73 Å². The van der Waals surface area contributed by atoms with Crippen molar-refractivity contribution in [2.75, 3.05) is 18.8 Å². The van der Waals surface area contributed by atoms with E-state index in [-0.39, 0.29) is 36.8 Å². The number of aryl methyl sites for hydroxylation is 1. The minimum atomic E-state index is 0. The van der Waals surface area contributed by atoms with Gasteiger partial charge in [0, 0.05) is 37.3 Å². The van der Waals surface area contributed by atoms with Gasteiger partial charge >= 0.3 is 0 Å². The molecule has 1 aliphatic rings. The van der Waals surface area contributed by atoms with Crippen LogP contribution in [0.25, 0.3) is 5.65 Å². The highest BCUT2D eigenvalue weighted by molar-refractivity contribution is 7.99. The van der Waals surface area contributed by atoms with Crippen molar-refractivity contribution >= 4 is 48.1 Å². The van der Waals surface area contributed by atoms with Crippen LogP contribution < -0.4 is 5.73 Å². The smallest absolute Gasteiger partial charge is 0.232 e. The van der Waals surface area contributed by atoms with Gasteiger partial charge in [-0.25, -0.2) is 4.98 Å². The number of halogens is 2. The Morgan fingerprint density at radius 1 is 1.32 bits per heavy atom. The molecule has 0 spiro atoms. The summed E-state index contributed by atoms with van der Waals surface area (Å²) in [5.74, 6) is 1.47. The lowest BCUT2D eigenvalue weighted by Gasteiger charge is -2.35. The van der Waals surface area contributed by atoms with Gasteiger partial charge in [-0.15, -0.1) is 36.6 Å². The molecule has 1 amide bonds. The minimum Gasteiger partial charge on any atom is -0.338 e. The number of hydrogen-bond donors (Lipinski definition) is 1. The van der Waals surface area contributed by atoms with Gasteiger partial charge in [0.1, 0.15) is 5.65 Å². The molecule has 3 heterocycles. The first-order valence-corrected chi connectivity index (χ1v) is 9.34. The van der Waals surface area contributed by atoms with Crippen LogP contribution in [0.4, 0.5) is 0 Å². The number of rotatable bonds is 5. The number of carbonyl (C=O) groups is 1. The average Bonchev–Trinajstić information content (AvgIpc) is 2.96. The SMILES string of the molecule is Cc1ccc2nc(CSCC(=O)N3CCCCC3CN)cn2c1.Cl.Cl. The Kier molecular flexibility index (Phi) is 9.07. The van der Waals surface area contributed by atoms with Gasteiger partial charge in [-0.3, -0.25) is 4.79 Å². The molecule has 0 saturated carbocycles. The van der Waals surface area contributed by atoms with E-state index >= 15 is 0 Å². The van der Waals surface area contributed by atoms with Crippen molar-refractivity contribution < 1.29 is 4.79 Å². The van der Waals surface area contributed by atoms with Gasteiger partial charge in [0.15, 0.2) is 0 Å². The average molecular weight is 405 g/mol. The molecule has 1 saturated heterocycles. The fourth-order valence-electron chi connectivity index (χ4n) is 3.12. The van der Waals surface area contributed by atoms with E-state index in [0.717, 1.165) is 36.5 Å². The van der Waals surface area contributed by atoms with Crippen LogP contribution in [0, 0.1) is 6.92 Å². The van der Waals surface area contributed by atoms with E-state index in [1.165, 1.54) is 12.0 Å². The summed E-state index contributed by atoms with van der Waals surface area (Å²) in [4.78, 5) is 19.0. The zero-order valence-corrected chi connectivity index (χ0v) is 16.8. The third-order valence-corrected chi connectivity index (χ3v) is 5.29. The van der Waals surface area contributed by atoms with Crippen LogP contribution in [0.3, 0.4) is 0 Å². The van der Waals surface area contributed by atoms with Crippen LogP contribution in [0.15, 0.2) is 24.5 Å². The largest absolute Gasteiger partial charge is 0.338 e. The Morgan fingerprint density at radius 2 is 2.12 bits per heavy atom. The Hall–Kier alpha value is -0.950. The molecule has 1 atom stereocenters. The molecule has 0 aromatic carbocycles. The summed E-state index contributed by atoms with van der Waals surface area (Å²) in [7, 11) is 0. The number of pyridine rings is 1. The standard InChI is InChI=1S/C17H24N4OS.2ClH/c1-13-5-6-16-19-14(10-20(16)9-13)11-23-12-17(22)21-7-3-2-4-15(21)8-18;;/h5-6,9-10,15H,2-4,7-8,11-12,18H2,1H3;2*1H. The molecule has 3 rings (SSSR count). The van der Waals surface area contributed by atoms with Gasteiger partial charge in [-0.2, -0.15) is 0 Å². The van der Waals surface area contributed by atoms with Crippen LogP contribution in [0.5, 0.6) is 0 Å². The fraction of sp³-hybridized carbons (Fsp3) is 0.529. The maximum Gasteiger partial charge on any atom is 0.232 e. The second-order valence-electron chi connectivity index (χ2n) is 6.17. The highest BCUT2D eigenvalue weighted by Gasteiger charge is 2.25. The van der Waals surface area contributed by atoms with Gasteiger partial charge in [-0.1, -0.05) is 6.07 Å². The number of piperidine rings is 1. The lowest BCUT2D eigenvalue weighted by atomic mass is 10.0. The summed E-state index contributed by atoms with van der Waals surface area (Å²) >= 11 is 1.63. The predicted octanol–water partition coefficient (Wildman–Crippen LogP) is 3.06. The monoisotopic (exact) mass is 404 g/mol. The Balaban J connectivity index is 0.00000156. The summed E-state index contributed by atoms with van der Waals surface area (Å²) in [6.07, 6.45) is 7.43. The van der Waals surface area contributed by atoms with E-state index in [2.05, 4.69) is 24.2 Å². The lowest BCUT2D eigenvalue weighted by Crippen LogP contribution is -2.48. The van der Waals surface area contributed by atoms with Gasteiger partial charge in [0.05, 0.1) is 11.4 Å². The van der Waals surface area contributed by atoms with Crippen LogP contribution in [-0.2, 0) is 10.5 Å². The molecule has 25 heavy (non-hydrogen) atoms. The van der Waals surface area contributed by atoms with Gasteiger partial charge in [0.2, 0.25) is 5.91 Å². The summed E-state index contributed by atoms with van der Waals surface area (Å²) in [6, 6.07) is 4.32. The first-order valence-electron chi connectivity index (χ1n) is 8.19. The molecule has 1 aliphatic heterocycles. The Morgan fingerprint density at radius 3 is 2.88 bits per heavy atom. The fourth-order valence-corrected chi connectivity index (χ4v) is 3.92. The van der Waals surface area contributed by atoms with Crippen molar-refractivity contribution in [1.82, 2.24) is 14.3 Å². The molecule has 1 fully saturated rings. The number of nitrogens with two attached hydrogens (primary N) is 1. The molecule has 8 heteroatoms. The van der Waals surface area contributed by atoms with Crippen LogP contribution in [0.1, 0.15) is 30.5 Å². The van der Waals surface area contributed by atoms with E-state index < -0.39 is 0 Å². The van der Waals surface area contributed by atoms with Crippen molar-refractivity contribution in [3.63, 3.8) is 0 Å². The van der Waals surface area contributed by atoms with Gasteiger partial charge < -0.3 is 15.0 Å². The predicted molar refractivity (Wildman–Crippen MR) is 109 cm³/mol. The summed E-state index contributed by atoms with van der Waals surface area (Å²) in [6.45, 7) is 3.50. The summed E-state index contributed by atoms with van der Waals surface area (Å²) in [5.41, 5.74) is 8.97. The van der Waals surface area contributed by atoms with Crippen molar-refractivity contribution in [1.29, 1.82) is 0 Å². The Bertz CT molecular complexity index is 694. The number of imidazole rings is 1. The van der Waals surface area contributed by atoms with Crippen LogP contribution in [-0.4, -0.2) is 45.1 Å². The lowest BCUT2D eigenvalue weighted by molar-refractivity contribution is -0.131. The molecule has 5 nitrogen and oxygen atoms in total. The first-order chi connectivity index (χ1) is 11.2. The topological polar surface area (TPSA) is 63.6 Å². The summed E-state index contributed by atoms with van der Waals surface area (Å²) < 4.78 is 2.04. The molecular formula is C17H26Cl2N4OS. The number of likely N-dealkylation sites (tertiary alicyclic amines) is 1. The quantitative estimate of drug-likeness (QED) is 0.831. The molecule has 2 aromatic rings. The van der Waals surface area contributed by atoms with Crippen LogP contribution in [0.2, 0.25) is 0 Å². The number of hydrogen-bond acceptors (Lipinski definition) is 4. The maximum absolute atomic E-state index is 12.4. The molecule has 2 N–H and O–H groups in total. The third kappa shape index (κ3) is 5.51. The molecule has 0 bridgehead atoms. The van der Waals surface area contributed by atoms with Crippen molar-refractivity contribution in [3.05, 3.63) is 35.8 Å². The second-order valence-corrected chi connectivity index (χ2v) is 7.15. The third-order valence-electron chi connectivity index (χ3n) is 4.34. The zero-order valence-electron chi connectivity index (χ0n) is 14.4. The van der Waals surface area contributed by atoms with E-state index in [0.29, 0.717) is 12.3 Å². The number of nitrogens with zero attached hydrogens (tertiary/aromatic N) is 3. The summed E-state index contributed by atoms with van der Waals surface area (Å²) in [5, 5.41) is 0. The van der Waals surface area contributed by atoms with E-state index in [4.69, 9.17) is 5.73 Å². The number of amides is 1. The number of fused-ring (bicyclic) bond motifs is 1. The minimum absolute atomic E-state index is 0. The van der Waals surface area contributed by atoms with Gasteiger partial charge in [-0.05, 0) is 37.8 Å². The van der Waals surface area contributed by atoms with E-state index in [9.17, 15) is 4.79 Å². The Labute approximate surface area is 165 Å². The van der Waals surface area contributed by atoms with Gasteiger partial charge in [0.25, 0.3) is 0 Å². The molecule has 1 unspecified atom stereocenters. The zero-order chi connectivity index (χ0) is 16.2. The van der Waals surface area contributed by atoms with E-state index in [1.807, 2.05) is 21.6 Å². The van der Waals surface area contributed by atoms with Crippen LogP contribution >= 0.6 is 36.6 Å². The number of aromatic nitrogens is 2. The molecule has 2 aromatic heterocycles. The maximum atomic E-state index is 12.4. The number of carbonyl (C=O) groups excluding carboxylic acids is 1. The number of thioether (sulfide) groups is 1. The van der Waals surface area contributed by atoms with Crippen molar-refractivity contribution in [3.8, 4) is 0 Å². The first kappa shape index (κ1) is 22.1. The normalized spacial score (nSPS) is 17.0.